The lowest BCUT2D eigenvalue weighted by atomic mass is 9.95. The number of carbonyl (C=O) groups is 1. The maximum atomic E-state index is 13.3. The van der Waals surface area contributed by atoms with Gasteiger partial charge in [0.15, 0.2) is 0 Å². The zero-order valence-electron chi connectivity index (χ0n) is 17.4. The summed E-state index contributed by atoms with van der Waals surface area (Å²) in [6.45, 7) is 4.81. The standard InChI is InChI=1S/C23H24ClN3O3/c1-13(2)12-27-22(17-10-9-16(29-3)11-18(17)30-4)19-20(25-26-21(19)23(27)28)14-5-7-15(24)8-6-14/h5-11,13,22H,12H2,1-4H3,(H,25,26). The minimum Gasteiger partial charge on any atom is -0.497 e. The van der Waals surface area contributed by atoms with Crippen molar-refractivity contribution in [2.45, 2.75) is 19.9 Å². The van der Waals surface area contributed by atoms with E-state index in [1.807, 2.05) is 47.4 Å². The summed E-state index contributed by atoms with van der Waals surface area (Å²) < 4.78 is 11.0. The highest BCUT2D eigenvalue weighted by Gasteiger charge is 2.43. The van der Waals surface area contributed by atoms with Crippen LogP contribution in [-0.2, 0) is 0 Å². The number of nitrogens with zero attached hydrogens (tertiary/aromatic N) is 2. The van der Waals surface area contributed by atoms with Crippen LogP contribution in [0.15, 0.2) is 42.5 Å². The Morgan fingerprint density at radius 2 is 1.87 bits per heavy atom. The Bertz CT molecular complexity index is 1080. The minimum atomic E-state index is -0.319. The number of H-pyrrole nitrogens is 1. The molecule has 2 heterocycles. The molecule has 156 valence electrons. The van der Waals surface area contributed by atoms with Crippen molar-refractivity contribution in [3.63, 3.8) is 0 Å². The summed E-state index contributed by atoms with van der Waals surface area (Å²) in [5.74, 6) is 1.60. The monoisotopic (exact) mass is 425 g/mol. The molecule has 4 rings (SSSR count). The summed E-state index contributed by atoms with van der Waals surface area (Å²) in [5, 5.41) is 8.11. The van der Waals surface area contributed by atoms with Crippen LogP contribution in [0.4, 0.5) is 0 Å². The molecule has 1 unspecified atom stereocenters. The Morgan fingerprint density at radius 3 is 2.50 bits per heavy atom. The van der Waals surface area contributed by atoms with Crippen LogP contribution in [0.5, 0.6) is 11.5 Å². The Morgan fingerprint density at radius 1 is 1.13 bits per heavy atom. The van der Waals surface area contributed by atoms with Gasteiger partial charge in [-0.2, -0.15) is 5.10 Å². The topological polar surface area (TPSA) is 67.5 Å². The van der Waals surface area contributed by atoms with Gasteiger partial charge >= 0.3 is 0 Å². The Balaban J connectivity index is 1.91. The molecule has 0 saturated heterocycles. The Hall–Kier alpha value is -2.99. The number of benzene rings is 2. The van der Waals surface area contributed by atoms with Gasteiger partial charge in [-0.15, -0.1) is 0 Å². The first-order chi connectivity index (χ1) is 14.4. The molecule has 0 saturated carbocycles. The van der Waals surface area contributed by atoms with Crippen LogP contribution in [0.1, 0.15) is 41.5 Å². The van der Waals surface area contributed by atoms with Gasteiger partial charge in [0.1, 0.15) is 17.2 Å². The third kappa shape index (κ3) is 3.41. The molecule has 0 radical (unpaired) electrons. The third-order valence-corrected chi connectivity index (χ3v) is 5.53. The van der Waals surface area contributed by atoms with Gasteiger partial charge in [-0.25, -0.2) is 0 Å². The van der Waals surface area contributed by atoms with E-state index in [9.17, 15) is 4.79 Å². The van der Waals surface area contributed by atoms with Crippen LogP contribution < -0.4 is 9.47 Å². The number of ether oxygens (including phenoxy) is 2. The quantitative estimate of drug-likeness (QED) is 0.606. The van der Waals surface area contributed by atoms with E-state index in [4.69, 9.17) is 21.1 Å². The van der Waals surface area contributed by atoms with E-state index in [1.165, 1.54) is 0 Å². The van der Waals surface area contributed by atoms with Gasteiger partial charge in [0.05, 0.1) is 26.0 Å². The second kappa shape index (κ2) is 8.03. The van der Waals surface area contributed by atoms with Crippen LogP contribution >= 0.6 is 11.6 Å². The Kier molecular flexibility index (Phi) is 5.43. The summed E-state index contributed by atoms with van der Waals surface area (Å²) >= 11 is 6.07. The average Bonchev–Trinajstić information content (AvgIpc) is 3.27. The summed E-state index contributed by atoms with van der Waals surface area (Å²) in [4.78, 5) is 15.2. The molecule has 1 amide bonds. The van der Waals surface area contributed by atoms with Crippen molar-refractivity contribution >= 4 is 17.5 Å². The predicted molar refractivity (Wildman–Crippen MR) is 116 cm³/mol. The van der Waals surface area contributed by atoms with Crippen molar-refractivity contribution in [3.8, 4) is 22.8 Å². The largest absolute Gasteiger partial charge is 0.497 e. The van der Waals surface area contributed by atoms with E-state index in [1.54, 1.807) is 14.2 Å². The number of hydrogen-bond donors (Lipinski definition) is 1. The summed E-state index contributed by atoms with van der Waals surface area (Å²) in [6.07, 6.45) is 0. The fourth-order valence-electron chi connectivity index (χ4n) is 3.97. The first kappa shape index (κ1) is 20.3. The molecule has 30 heavy (non-hydrogen) atoms. The zero-order chi connectivity index (χ0) is 21.4. The number of aromatic nitrogens is 2. The maximum absolute atomic E-state index is 13.3. The van der Waals surface area contributed by atoms with Gasteiger partial charge < -0.3 is 14.4 Å². The summed E-state index contributed by atoms with van der Waals surface area (Å²) in [6, 6.07) is 12.8. The number of methoxy groups -OCH3 is 2. The zero-order valence-corrected chi connectivity index (χ0v) is 18.2. The van der Waals surface area contributed by atoms with E-state index in [2.05, 4.69) is 24.0 Å². The van der Waals surface area contributed by atoms with Crippen LogP contribution in [0.3, 0.4) is 0 Å². The summed E-state index contributed by atoms with van der Waals surface area (Å²) in [7, 11) is 3.24. The molecular formula is C23H24ClN3O3. The van der Waals surface area contributed by atoms with Crippen molar-refractivity contribution in [1.82, 2.24) is 15.1 Å². The van der Waals surface area contributed by atoms with E-state index < -0.39 is 0 Å². The lowest BCUT2D eigenvalue weighted by Crippen LogP contribution is -2.33. The molecule has 1 N–H and O–H groups in total. The number of aromatic amines is 1. The number of fused-ring (bicyclic) bond motifs is 1. The number of hydrogen-bond acceptors (Lipinski definition) is 4. The van der Waals surface area contributed by atoms with Gasteiger partial charge in [-0.1, -0.05) is 37.6 Å². The number of nitrogens with one attached hydrogen (secondary N) is 1. The fraction of sp³-hybridized carbons (Fsp3) is 0.304. The molecule has 1 aliphatic heterocycles. The van der Waals surface area contributed by atoms with E-state index in [0.717, 1.165) is 22.4 Å². The first-order valence-corrected chi connectivity index (χ1v) is 10.2. The average molecular weight is 426 g/mol. The molecule has 1 aromatic heterocycles. The van der Waals surface area contributed by atoms with E-state index in [-0.39, 0.29) is 11.9 Å². The second-order valence-corrected chi connectivity index (χ2v) is 8.17. The molecule has 0 bridgehead atoms. The predicted octanol–water partition coefficient (Wildman–Crippen LogP) is 4.95. The van der Waals surface area contributed by atoms with Crippen molar-refractivity contribution in [2.24, 2.45) is 5.92 Å². The molecule has 0 spiro atoms. The molecule has 6 nitrogen and oxygen atoms in total. The summed E-state index contributed by atoms with van der Waals surface area (Å²) in [5.41, 5.74) is 3.90. The third-order valence-electron chi connectivity index (χ3n) is 5.28. The lowest BCUT2D eigenvalue weighted by Gasteiger charge is -2.29. The Labute approximate surface area is 180 Å². The first-order valence-electron chi connectivity index (χ1n) is 9.81. The molecule has 1 aliphatic rings. The minimum absolute atomic E-state index is 0.0608. The van der Waals surface area contributed by atoms with Crippen molar-refractivity contribution in [1.29, 1.82) is 0 Å². The molecule has 2 aromatic carbocycles. The molecular weight excluding hydrogens is 402 g/mol. The number of carbonyl (C=O) groups excluding carboxylic acids is 1. The maximum Gasteiger partial charge on any atom is 0.273 e. The van der Waals surface area contributed by atoms with E-state index in [0.29, 0.717) is 34.7 Å². The highest BCUT2D eigenvalue weighted by Crippen LogP contribution is 2.46. The van der Waals surface area contributed by atoms with Gasteiger partial charge in [-0.3, -0.25) is 9.89 Å². The van der Waals surface area contributed by atoms with Gasteiger partial charge in [0.2, 0.25) is 0 Å². The van der Waals surface area contributed by atoms with Crippen LogP contribution in [0.2, 0.25) is 5.02 Å². The lowest BCUT2D eigenvalue weighted by molar-refractivity contribution is 0.0721. The van der Waals surface area contributed by atoms with Crippen molar-refractivity contribution in [3.05, 3.63) is 64.3 Å². The smallest absolute Gasteiger partial charge is 0.273 e. The number of rotatable bonds is 6. The molecule has 3 aromatic rings. The van der Waals surface area contributed by atoms with Crippen molar-refractivity contribution in [2.75, 3.05) is 20.8 Å². The normalized spacial score (nSPS) is 15.6. The van der Waals surface area contributed by atoms with Gasteiger partial charge in [-0.05, 0) is 30.2 Å². The van der Waals surface area contributed by atoms with E-state index >= 15 is 0 Å². The SMILES string of the molecule is COc1ccc(C2c3c(-c4ccc(Cl)cc4)n[nH]c3C(=O)N2CC(C)C)c(OC)c1. The number of amides is 1. The molecule has 0 aliphatic carbocycles. The van der Waals surface area contributed by atoms with Crippen LogP contribution in [-0.4, -0.2) is 41.8 Å². The van der Waals surface area contributed by atoms with Crippen LogP contribution in [0, 0.1) is 5.92 Å². The fourth-order valence-corrected chi connectivity index (χ4v) is 4.10. The second-order valence-electron chi connectivity index (χ2n) is 7.73. The highest BCUT2D eigenvalue weighted by atomic mass is 35.5. The number of halogens is 1. The van der Waals surface area contributed by atoms with Crippen molar-refractivity contribution < 1.29 is 14.3 Å². The molecule has 0 fully saturated rings. The van der Waals surface area contributed by atoms with Gasteiger partial charge in [0.25, 0.3) is 5.91 Å². The van der Waals surface area contributed by atoms with Crippen LogP contribution in [0.25, 0.3) is 11.3 Å². The molecule has 1 atom stereocenters. The highest BCUT2D eigenvalue weighted by molar-refractivity contribution is 6.30. The van der Waals surface area contributed by atoms with Gasteiger partial charge in [0, 0.05) is 34.3 Å². The molecule has 7 heteroatoms.